The Morgan fingerprint density at radius 1 is 0.931 bits per heavy atom. The summed E-state index contributed by atoms with van der Waals surface area (Å²) < 4.78 is 2.94. The van der Waals surface area contributed by atoms with Crippen LogP contribution in [0.1, 0.15) is 10.5 Å². The number of benzene rings is 1. The van der Waals surface area contributed by atoms with Crippen molar-refractivity contribution in [3.8, 4) is 17.1 Å². The van der Waals surface area contributed by atoms with E-state index in [4.69, 9.17) is 0 Å². The highest BCUT2D eigenvalue weighted by molar-refractivity contribution is 5.92. The van der Waals surface area contributed by atoms with Crippen molar-refractivity contribution in [2.45, 2.75) is 6.54 Å². The summed E-state index contributed by atoms with van der Waals surface area (Å²) in [4.78, 5) is 28.8. The van der Waals surface area contributed by atoms with E-state index < -0.39 is 0 Å². The van der Waals surface area contributed by atoms with Gasteiger partial charge in [0.15, 0.2) is 0 Å². The molecule has 9 heteroatoms. The molecular weight excluding hydrogens is 370 g/mol. The van der Waals surface area contributed by atoms with E-state index in [9.17, 15) is 9.59 Å². The van der Waals surface area contributed by atoms with Crippen LogP contribution in [0.4, 0.5) is 0 Å². The third kappa shape index (κ3) is 4.24. The van der Waals surface area contributed by atoms with Crippen LogP contribution in [0.25, 0.3) is 17.1 Å². The maximum Gasteiger partial charge on any atom is 0.270 e. The molecule has 0 aliphatic heterocycles. The van der Waals surface area contributed by atoms with E-state index in [0.29, 0.717) is 11.5 Å². The van der Waals surface area contributed by atoms with Crippen molar-refractivity contribution in [3.05, 3.63) is 89.4 Å². The molecule has 0 saturated heterocycles. The molecule has 0 atom stereocenters. The molecule has 1 amide bonds. The molecule has 0 radical (unpaired) electrons. The molecule has 1 N–H and O–H groups in total. The van der Waals surface area contributed by atoms with E-state index in [1.807, 2.05) is 30.3 Å². The number of hydrogen-bond donors (Lipinski definition) is 1. The lowest BCUT2D eigenvalue weighted by atomic mass is 10.1. The Morgan fingerprint density at radius 2 is 1.72 bits per heavy atom. The van der Waals surface area contributed by atoms with Crippen molar-refractivity contribution in [1.29, 1.82) is 0 Å². The molecule has 0 fully saturated rings. The first-order valence-electron chi connectivity index (χ1n) is 8.94. The molecule has 3 aromatic heterocycles. The average Bonchev–Trinajstić information content (AvgIpc) is 3.31. The van der Waals surface area contributed by atoms with Crippen LogP contribution in [-0.4, -0.2) is 42.0 Å². The Hall–Kier alpha value is -4.14. The molecule has 9 nitrogen and oxygen atoms in total. The van der Waals surface area contributed by atoms with Crippen molar-refractivity contribution in [2.24, 2.45) is 0 Å². The first kappa shape index (κ1) is 18.2. The second-order valence-corrected chi connectivity index (χ2v) is 6.15. The Morgan fingerprint density at radius 3 is 2.52 bits per heavy atom. The molecule has 29 heavy (non-hydrogen) atoms. The van der Waals surface area contributed by atoms with Crippen LogP contribution in [0, 0.1) is 0 Å². The molecule has 0 aliphatic carbocycles. The Balaban J connectivity index is 1.42. The fourth-order valence-corrected chi connectivity index (χ4v) is 2.75. The molecule has 3 heterocycles. The molecule has 4 aromatic rings. The van der Waals surface area contributed by atoms with Gasteiger partial charge in [-0.05, 0) is 18.2 Å². The minimum Gasteiger partial charge on any atom is -0.349 e. The maximum absolute atomic E-state index is 12.4. The van der Waals surface area contributed by atoms with Gasteiger partial charge in [0.2, 0.25) is 0 Å². The lowest BCUT2D eigenvalue weighted by Gasteiger charge is -2.09. The lowest BCUT2D eigenvalue weighted by molar-refractivity contribution is 0.0946. The fraction of sp³-hybridized carbons (Fsp3) is 0.100. The van der Waals surface area contributed by atoms with Gasteiger partial charge >= 0.3 is 0 Å². The number of carbonyl (C=O) groups excluding carboxylic acids is 1. The predicted molar refractivity (Wildman–Crippen MR) is 105 cm³/mol. The molecule has 144 valence electrons. The van der Waals surface area contributed by atoms with Crippen molar-refractivity contribution in [2.75, 3.05) is 6.54 Å². The van der Waals surface area contributed by atoms with Crippen LogP contribution in [0.2, 0.25) is 0 Å². The number of amides is 1. The van der Waals surface area contributed by atoms with Crippen molar-refractivity contribution < 1.29 is 4.79 Å². The number of pyridine rings is 1. The Bertz CT molecular complexity index is 1170. The fourth-order valence-electron chi connectivity index (χ4n) is 2.75. The van der Waals surface area contributed by atoms with E-state index >= 15 is 0 Å². The van der Waals surface area contributed by atoms with Crippen LogP contribution in [0.15, 0.2) is 78.1 Å². The monoisotopic (exact) mass is 387 g/mol. The van der Waals surface area contributed by atoms with Crippen molar-refractivity contribution >= 4 is 5.91 Å². The van der Waals surface area contributed by atoms with Gasteiger partial charge in [-0.3, -0.25) is 14.2 Å². The smallest absolute Gasteiger partial charge is 0.270 e. The lowest BCUT2D eigenvalue weighted by Crippen LogP contribution is -2.32. The summed E-state index contributed by atoms with van der Waals surface area (Å²) in [5.74, 6) is 0.197. The third-order valence-electron chi connectivity index (χ3n) is 4.20. The van der Waals surface area contributed by atoms with Crippen LogP contribution in [0.3, 0.4) is 0 Å². The van der Waals surface area contributed by atoms with Gasteiger partial charge in [-0.2, -0.15) is 5.10 Å². The number of aromatic nitrogens is 6. The zero-order valence-corrected chi connectivity index (χ0v) is 15.3. The zero-order valence-electron chi connectivity index (χ0n) is 15.3. The summed E-state index contributed by atoms with van der Waals surface area (Å²) in [5.41, 5.74) is 1.64. The highest BCUT2D eigenvalue weighted by Gasteiger charge is 2.09. The van der Waals surface area contributed by atoms with Crippen LogP contribution < -0.4 is 10.9 Å². The normalized spacial score (nSPS) is 10.6. The largest absolute Gasteiger partial charge is 0.349 e. The summed E-state index contributed by atoms with van der Waals surface area (Å²) in [5, 5.41) is 14.6. The number of nitrogens with one attached hydrogen (secondary N) is 1. The number of carbonyl (C=O) groups is 1. The summed E-state index contributed by atoms with van der Waals surface area (Å²) in [6.45, 7) is 0.485. The van der Waals surface area contributed by atoms with Gasteiger partial charge in [-0.15, -0.1) is 10.2 Å². The highest BCUT2D eigenvalue weighted by Crippen LogP contribution is 2.13. The first-order valence-corrected chi connectivity index (χ1v) is 8.94. The van der Waals surface area contributed by atoms with Crippen LogP contribution in [0.5, 0.6) is 0 Å². The summed E-state index contributed by atoms with van der Waals surface area (Å²) in [7, 11) is 0. The minimum absolute atomic E-state index is 0.230. The van der Waals surface area contributed by atoms with E-state index in [0.717, 1.165) is 5.56 Å². The Kier molecular flexibility index (Phi) is 5.19. The molecule has 0 saturated carbocycles. The van der Waals surface area contributed by atoms with Gasteiger partial charge in [-0.25, -0.2) is 9.67 Å². The second kappa shape index (κ2) is 8.26. The third-order valence-corrected chi connectivity index (χ3v) is 4.20. The molecule has 0 aliphatic rings. The Labute approximate surface area is 165 Å². The first-order chi connectivity index (χ1) is 14.2. The molecular formula is C20H17N7O2. The van der Waals surface area contributed by atoms with Gasteiger partial charge in [0, 0.05) is 18.2 Å². The molecule has 0 unspecified atom stereocenters. The van der Waals surface area contributed by atoms with Crippen LogP contribution >= 0.6 is 0 Å². The van der Waals surface area contributed by atoms with E-state index in [1.165, 1.54) is 23.4 Å². The number of nitrogens with zero attached hydrogens (tertiary/aromatic N) is 6. The van der Waals surface area contributed by atoms with Crippen LogP contribution in [-0.2, 0) is 6.54 Å². The molecule has 4 rings (SSSR count). The quantitative estimate of drug-likeness (QED) is 0.535. The number of hydrogen-bond acceptors (Lipinski definition) is 6. The van der Waals surface area contributed by atoms with Gasteiger partial charge < -0.3 is 5.32 Å². The van der Waals surface area contributed by atoms with E-state index in [2.05, 4.69) is 25.6 Å². The summed E-state index contributed by atoms with van der Waals surface area (Å²) in [6, 6.07) is 17.8. The second-order valence-electron chi connectivity index (χ2n) is 6.15. The molecule has 0 spiro atoms. The summed E-state index contributed by atoms with van der Waals surface area (Å²) >= 11 is 0. The van der Waals surface area contributed by atoms with Gasteiger partial charge in [0.1, 0.15) is 24.2 Å². The van der Waals surface area contributed by atoms with Crippen molar-refractivity contribution in [3.63, 3.8) is 0 Å². The van der Waals surface area contributed by atoms with Gasteiger partial charge in [0.05, 0.1) is 12.2 Å². The molecule has 0 bridgehead atoms. The van der Waals surface area contributed by atoms with Crippen molar-refractivity contribution in [1.82, 2.24) is 34.8 Å². The summed E-state index contributed by atoms with van der Waals surface area (Å²) in [6.07, 6.45) is 3.00. The topological polar surface area (TPSA) is 108 Å². The maximum atomic E-state index is 12.4. The predicted octanol–water partition coefficient (Wildman–Crippen LogP) is 1.32. The minimum atomic E-state index is -0.341. The van der Waals surface area contributed by atoms with E-state index in [1.54, 1.807) is 28.8 Å². The van der Waals surface area contributed by atoms with E-state index in [-0.39, 0.29) is 30.2 Å². The van der Waals surface area contributed by atoms with Gasteiger partial charge in [0.25, 0.3) is 11.5 Å². The standard InChI is InChI=1S/C20H17N7O2/c28-19-10-9-16(15-5-2-1-3-6-15)25-27(19)12-11-21-20(29)17-7-4-8-18(24-17)26-13-22-23-14-26/h1-10,13-14H,11-12H2,(H,21,29). The zero-order chi connectivity index (χ0) is 20.1. The average molecular weight is 387 g/mol. The highest BCUT2D eigenvalue weighted by atomic mass is 16.2. The van der Waals surface area contributed by atoms with Gasteiger partial charge in [-0.1, -0.05) is 36.4 Å². The molecule has 1 aromatic carbocycles. The number of rotatable bonds is 6. The SMILES string of the molecule is O=C(NCCn1nc(-c2ccccc2)ccc1=O)c1cccc(-n2cnnc2)n1.